The quantitative estimate of drug-likeness (QED) is 0.532. The van der Waals surface area contributed by atoms with Gasteiger partial charge in [-0.25, -0.2) is 13.8 Å². The van der Waals surface area contributed by atoms with Crippen LogP contribution in [0.1, 0.15) is 37.4 Å². The lowest BCUT2D eigenvalue weighted by atomic mass is 9.91. The average molecular weight is 464 g/mol. The molecule has 168 valence electrons. The Bertz CT molecular complexity index is 993. The number of rotatable bonds is 7. The Hall–Kier alpha value is -2.46. The number of nitrogens with zero attached hydrogens (tertiary/aromatic N) is 1. The molecule has 5 nitrogen and oxygen atoms in total. The first kappa shape index (κ1) is 23.2. The van der Waals surface area contributed by atoms with Crippen LogP contribution >= 0.6 is 11.6 Å². The molecular formula is C20H19ClF5N3O2. The largest absolute Gasteiger partial charge is 0.405 e. The fourth-order valence-electron chi connectivity index (χ4n) is 3.24. The zero-order chi connectivity index (χ0) is 23.0. The van der Waals surface area contributed by atoms with Crippen LogP contribution in [0, 0.1) is 11.6 Å². The molecule has 3 N–H and O–H groups in total. The standard InChI is InChI=1S/C20H19ClF5N3O2/c1-18(31,13-3-2-12(22)8-14(13)23)9-17(30)29-19(4-5-19)15-6-11(21)7-16(28-15)27-10-20(24,25)26/h2-3,6-8,31H,4-5,9-10H2,1H3,(H,27,28)(H,29,30)/t18-/m1/s1. The molecule has 0 spiro atoms. The summed E-state index contributed by atoms with van der Waals surface area (Å²) in [6.07, 6.45) is -4.07. The van der Waals surface area contributed by atoms with E-state index in [9.17, 15) is 31.9 Å². The zero-order valence-electron chi connectivity index (χ0n) is 16.3. The summed E-state index contributed by atoms with van der Waals surface area (Å²) in [6, 6.07) is 5.30. The van der Waals surface area contributed by atoms with Crippen molar-refractivity contribution in [1.29, 1.82) is 0 Å². The van der Waals surface area contributed by atoms with Gasteiger partial charge >= 0.3 is 6.18 Å². The van der Waals surface area contributed by atoms with Gasteiger partial charge in [0.15, 0.2) is 0 Å². The molecule has 1 saturated carbocycles. The van der Waals surface area contributed by atoms with E-state index < -0.39 is 47.8 Å². The molecule has 1 amide bonds. The van der Waals surface area contributed by atoms with E-state index in [4.69, 9.17) is 11.6 Å². The van der Waals surface area contributed by atoms with E-state index in [0.717, 1.165) is 12.1 Å². The van der Waals surface area contributed by atoms with Gasteiger partial charge in [-0.1, -0.05) is 17.7 Å². The summed E-state index contributed by atoms with van der Waals surface area (Å²) in [5.41, 5.74) is -2.84. The van der Waals surface area contributed by atoms with Crippen LogP contribution in [0.5, 0.6) is 0 Å². The molecule has 0 unspecified atom stereocenters. The fourth-order valence-corrected chi connectivity index (χ4v) is 3.45. The van der Waals surface area contributed by atoms with Gasteiger partial charge in [-0.2, -0.15) is 13.2 Å². The minimum Gasteiger partial charge on any atom is -0.385 e. The lowest BCUT2D eigenvalue weighted by Gasteiger charge is -2.26. The van der Waals surface area contributed by atoms with Crippen LogP contribution in [0.25, 0.3) is 0 Å². The third-order valence-electron chi connectivity index (χ3n) is 4.90. The third kappa shape index (κ3) is 5.82. The van der Waals surface area contributed by atoms with Crippen LogP contribution < -0.4 is 10.6 Å². The summed E-state index contributed by atoms with van der Waals surface area (Å²) in [7, 11) is 0. The van der Waals surface area contributed by atoms with Gasteiger partial charge in [0, 0.05) is 16.7 Å². The van der Waals surface area contributed by atoms with Crippen molar-refractivity contribution in [2.75, 3.05) is 11.9 Å². The van der Waals surface area contributed by atoms with E-state index in [1.165, 1.54) is 19.1 Å². The summed E-state index contributed by atoms with van der Waals surface area (Å²) in [4.78, 5) is 16.7. The van der Waals surface area contributed by atoms with Crippen molar-refractivity contribution in [1.82, 2.24) is 10.3 Å². The number of alkyl halides is 3. The molecular weight excluding hydrogens is 445 g/mol. The third-order valence-corrected chi connectivity index (χ3v) is 5.11. The maximum Gasteiger partial charge on any atom is 0.405 e. The number of amides is 1. The summed E-state index contributed by atoms with van der Waals surface area (Å²) < 4.78 is 64.5. The van der Waals surface area contributed by atoms with Gasteiger partial charge in [-0.15, -0.1) is 0 Å². The average Bonchev–Trinajstić information content (AvgIpc) is 3.38. The molecule has 1 heterocycles. The van der Waals surface area contributed by atoms with Gasteiger partial charge in [0.05, 0.1) is 23.3 Å². The predicted molar refractivity (Wildman–Crippen MR) is 103 cm³/mol. The first-order valence-electron chi connectivity index (χ1n) is 9.27. The molecule has 31 heavy (non-hydrogen) atoms. The molecule has 0 aliphatic heterocycles. The molecule has 2 aromatic rings. The Morgan fingerprint density at radius 1 is 1.23 bits per heavy atom. The molecule has 1 atom stereocenters. The van der Waals surface area contributed by atoms with Crippen LogP contribution in [0.2, 0.25) is 5.02 Å². The minimum atomic E-state index is -4.45. The predicted octanol–water partition coefficient (Wildman–Crippen LogP) is 4.39. The Morgan fingerprint density at radius 2 is 1.90 bits per heavy atom. The number of hydrogen-bond donors (Lipinski definition) is 3. The topological polar surface area (TPSA) is 74.2 Å². The summed E-state index contributed by atoms with van der Waals surface area (Å²) in [5, 5.41) is 15.6. The van der Waals surface area contributed by atoms with Crippen molar-refractivity contribution < 1.29 is 31.9 Å². The summed E-state index contributed by atoms with van der Waals surface area (Å²) in [5.74, 6) is -2.55. The van der Waals surface area contributed by atoms with E-state index in [0.29, 0.717) is 18.9 Å². The van der Waals surface area contributed by atoms with Crippen molar-refractivity contribution in [3.8, 4) is 0 Å². The molecule has 1 aromatic carbocycles. The normalized spacial score (nSPS) is 17.0. The molecule has 3 rings (SSSR count). The van der Waals surface area contributed by atoms with Crippen molar-refractivity contribution in [3.05, 3.63) is 58.2 Å². The molecule has 0 bridgehead atoms. The van der Waals surface area contributed by atoms with E-state index in [-0.39, 0.29) is 22.1 Å². The Kier molecular flexibility index (Phi) is 6.16. The Labute approximate surface area is 179 Å². The van der Waals surface area contributed by atoms with Crippen molar-refractivity contribution in [2.24, 2.45) is 0 Å². The van der Waals surface area contributed by atoms with Gasteiger partial charge in [-0.05, 0) is 38.0 Å². The molecule has 11 heteroatoms. The van der Waals surface area contributed by atoms with Crippen LogP contribution in [0.3, 0.4) is 0 Å². The number of carbonyl (C=O) groups excluding carboxylic acids is 1. The van der Waals surface area contributed by atoms with Crippen molar-refractivity contribution in [2.45, 2.75) is 43.5 Å². The highest BCUT2D eigenvalue weighted by Gasteiger charge is 2.48. The zero-order valence-corrected chi connectivity index (χ0v) is 17.0. The van der Waals surface area contributed by atoms with Gasteiger partial charge < -0.3 is 15.7 Å². The fraction of sp³-hybridized carbons (Fsp3) is 0.400. The van der Waals surface area contributed by atoms with Crippen LogP contribution in [0.15, 0.2) is 30.3 Å². The number of pyridine rings is 1. The molecule has 1 fully saturated rings. The summed E-state index contributed by atoms with van der Waals surface area (Å²) in [6.45, 7) is -0.0789. The number of anilines is 1. The molecule has 0 radical (unpaired) electrons. The number of carbonyl (C=O) groups is 1. The minimum absolute atomic E-state index is 0.0965. The van der Waals surface area contributed by atoms with E-state index in [1.54, 1.807) is 0 Å². The second-order valence-corrected chi connectivity index (χ2v) is 8.17. The SMILES string of the molecule is C[C@@](O)(CC(=O)NC1(c2cc(Cl)cc(NCC(F)(F)F)n2)CC1)c1ccc(F)cc1F. The molecule has 0 saturated heterocycles. The number of nitrogens with one attached hydrogen (secondary N) is 2. The van der Waals surface area contributed by atoms with Crippen LogP contribution in [0.4, 0.5) is 27.8 Å². The van der Waals surface area contributed by atoms with Gasteiger partial charge in [-0.3, -0.25) is 4.79 Å². The maximum atomic E-state index is 14.0. The highest BCUT2D eigenvalue weighted by molar-refractivity contribution is 6.30. The number of hydrogen-bond acceptors (Lipinski definition) is 4. The van der Waals surface area contributed by atoms with Crippen LogP contribution in [-0.4, -0.2) is 28.7 Å². The summed E-state index contributed by atoms with van der Waals surface area (Å²) >= 11 is 6.00. The van der Waals surface area contributed by atoms with Crippen LogP contribution in [-0.2, 0) is 15.9 Å². The lowest BCUT2D eigenvalue weighted by Crippen LogP contribution is -2.39. The van der Waals surface area contributed by atoms with Gasteiger partial charge in [0.25, 0.3) is 0 Å². The van der Waals surface area contributed by atoms with E-state index in [1.807, 2.05) is 0 Å². The Morgan fingerprint density at radius 3 is 2.48 bits per heavy atom. The van der Waals surface area contributed by atoms with Gasteiger partial charge in [0.2, 0.25) is 5.91 Å². The highest BCUT2D eigenvalue weighted by atomic mass is 35.5. The van der Waals surface area contributed by atoms with E-state index >= 15 is 0 Å². The maximum absolute atomic E-state index is 14.0. The number of aromatic nitrogens is 1. The van der Waals surface area contributed by atoms with Crippen molar-refractivity contribution in [3.63, 3.8) is 0 Å². The second kappa shape index (κ2) is 8.23. The molecule has 1 aromatic heterocycles. The number of benzene rings is 1. The second-order valence-electron chi connectivity index (χ2n) is 7.73. The number of halogens is 6. The molecule has 1 aliphatic rings. The van der Waals surface area contributed by atoms with E-state index in [2.05, 4.69) is 15.6 Å². The monoisotopic (exact) mass is 463 g/mol. The first-order valence-corrected chi connectivity index (χ1v) is 9.65. The van der Waals surface area contributed by atoms with Crippen molar-refractivity contribution >= 4 is 23.3 Å². The first-order chi connectivity index (χ1) is 14.3. The lowest BCUT2D eigenvalue weighted by molar-refractivity contribution is -0.127. The van der Waals surface area contributed by atoms with Gasteiger partial charge in [0.1, 0.15) is 24.0 Å². The number of aliphatic hydroxyl groups is 1. The molecule has 1 aliphatic carbocycles. The highest BCUT2D eigenvalue weighted by Crippen LogP contribution is 2.46. The smallest absolute Gasteiger partial charge is 0.385 e. The Balaban J connectivity index is 1.73.